The smallest absolute Gasteiger partial charge is 0.307 e. The summed E-state index contributed by atoms with van der Waals surface area (Å²) >= 11 is 1.21. The third-order valence-corrected chi connectivity index (χ3v) is 7.23. The summed E-state index contributed by atoms with van der Waals surface area (Å²) < 4.78 is 13.3. The highest BCUT2D eigenvalue weighted by atomic mass is 32.1. The standard InChI is InChI=1S/C21H21FN2O4S/c1-9-14(10-4-6-13(22)7-5-10)17(18(23)25)20(29-9)24-19(26)15-11-2-3-12(8-11)16(15)21(27)28/h4-7,11-12,15-16H,2-3,8H2,1H3,(H2,23,25)(H,24,26)(H,27,28)/t11-,12-,15+,16-/m0/s1. The van der Waals surface area contributed by atoms with E-state index in [4.69, 9.17) is 5.73 Å². The number of anilines is 1. The molecule has 2 aromatic rings. The lowest BCUT2D eigenvalue weighted by molar-refractivity contribution is -0.148. The van der Waals surface area contributed by atoms with Gasteiger partial charge in [0, 0.05) is 10.4 Å². The minimum absolute atomic E-state index is 0.0312. The normalized spacial score (nSPS) is 25.2. The number of aliphatic carboxylic acids is 1. The molecule has 2 fully saturated rings. The number of carboxylic acid groups (broad SMARTS) is 1. The van der Waals surface area contributed by atoms with Crippen LogP contribution in [0.3, 0.4) is 0 Å². The second-order valence-electron chi connectivity index (χ2n) is 7.82. The Bertz CT molecular complexity index is 1000. The van der Waals surface area contributed by atoms with Crippen LogP contribution in [0.2, 0.25) is 0 Å². The summed E-state index contributed by atoms with van der Waals surface area (Å²) in [4.78, 5) is 37.7. The number of aryl methyl sites for hydroxylation is 1. The van der Waals surface area contributed by atoms with Gasteiger partial charge in [0.15, 0.2) is 0 Å². The molecule has 2 aliphatic rings. The van der Waals surface area contributed by atoms with Gasteiger partial charge in [0.1, 0.15) is 10.8 Å². The fraction of sp³-hybridized carbons (Fsp3) is 0.381. The lowest BCUT2D eigenvalue weighted by Crippen LogP contribution is -2.38. The van der Waals surface area contributed by atoms with Crippen molar-refractivity contribution in [3.8, 4) is 11.1 Å². The maximum atomic E-state index is 13.3. The van der Waals surface area contributed by atoms with E-state index in [1.807, 2.05) is 0 Å². The first-order valence-electron chi connectivity index (χ1n) is 9.50. The number of primary amides is 1. The number of carboxylic acids is 1. The van der Waals surface area contributed by atoms with Crippen molar-refractivity contribution >= 4 is 34.1 Å². The maximum absolute atomic E-state index is 13.3. The van der Waals surface area contributed by atoms with Crippen molar-refractivity contribution in [1.82, 2.24) is 0 Å². The van der Waals surface area contributed by atoms with E-state index in [9.17, 15) is 23.9 Å². The minimum atomic E-state index is -0.943. The van der Waals surface area contributed by atoms with Gasteiger partial charge in [-0.05, 0) is 55.7 Å². The number of carbonyl (C=O) groups is 3. The monoisotopic (exact) mass is 416 g/mol. The number of amides is 2. The molecular formula is C21H21FN2O4S. The van der Waals surface area contributed by atoms with Crippen LogP contribution in [0.25, 0.3) is 11.1 Å². The van der Waals surface area contributed by atoms with Crippen LogP contribution in [0.15, 0.2) is 24.3 Å². The molecule has 1 aromatic carbocycles. The van der Waals surface area contributed by atoms with Crippen LogP contribution >= 0.6 is 11.3 Å². The van der Waals surface area contributed by atoms with Crippen molar-refractivity contribution in [2.45, 2.75) is 26.2 Å². The van der Waals surface area contributed by atoms with Crippen LogP contribution in [0.4, 0.5) is 9.39 Å². The van der Waals surface area contributed by atoms with Crippen LogP contribution < -0.4 is 11.1 Å². The van der Waals surface area contributed by atoms with Gasteiger partial charge in [0.05, 0.1) is 17.4 Å². The molecule has 4 atom stereocenters. The summed E-state index contributed by atoms with van der Waals surface area (Å²) in [7, 11) is 0. The van der Waals surface area contributed by atoms with Gasteiger partial charge in [-0.15, -0.1) is 11.3 Å². The van der Waals surface area contributed by atoms with Gasteiger partial charge < -0.3 is 16.2 Å². The second-order valence-corrected chi connectivity index (χ2v) is 9.05. The Hall–Kier alpha value is -2.74. The fourth-order valence-electron chi connectivity index (χ4n) is 5.05. The highest BCUT2D eigenvalue weighted by Crippen LogP contribution is 2.53. The van der Waals surface area contributed by atoms with E-state index in [1.165, 1.54) is 23.5 Å². The molecule has 8 heteroatoms. The number of thiophene rings is 1. The van der Waals surface area contributed by atoms with Crippen molar-refractivity contribution in [3.05, 3.63) is 40.5 Å². The van der Waals surface area contributed by atoms with Gasteiger partial charge in [-0.1, -0.05) is 12.1 Å². The van der Waals surface area contributed by atoms with Gasteiger partial charge >= 0.3 is 5.97 Å². The molecule has 2 bridgehead atoms. The summed E-state index contributed by atoms with van der Waals surface area (Å²) in [6, 6.07) is 5.70. The van der Waals surface area contributed by atoms with Crippen molar-refractivity contribution in [2.75, 3.05) is 5.32 Å². The summed E-state index contributed by atoms with van der Waals surface area (Å²) in [6.07, 6.45) is 2.44. The highest BCUT2D eigenvalue weighted by Gasteiger charge is 2.54. The second kappa shape index (κ2) is 7.26. The van der Waals surface area contributed by atoms with Crippen LogP contribution in [0.5, 0.6) is 0 Å². The predicted octanol–water partition coefficient (Wildman–Crippen LogP) is 3.65. The van der Waals surface area contributed by atoms with Gasteiger partial charge in [-0.2, -0.15) is 0 Å². The number of fused-ring (bicyclic) bond motifs is 2. The molecule has 2 amide bonds. The van der Waals surface area contributed by atoms with E-state index in [1.54, 1.807) is 19.1 Å². The Balaban J connectivity index is 1.68. The molecule has 152 valence electrons. The van der Waals surface area contributed by atoms with E-state index < -0.39 is 29.5 Å². The minimum Gasteiger partial charge on any atom is -0.481 e. The number of hydrogen-bond donors (Lipinski definition) is 3. The van der Waals surface area contributed by atoms with E-state index in [0.29, 0.717) is 16.1 Å². The fourth-order valence-corrected chi connectivity index (χ4v) is 6.14. The molecule has 4 rings (SSSR count). The number of nitrogens with two attached hydrogens (primary N) is 1. The van der Waals surface area contributed by atoms with Crippen molar-refractivity contribution in [3.63, 3.8) is 0 Å². The average Bonchev–Trinajstić information content (AvgIpc) is 3.35. The van der Waals surface area contributed by atoms with Crippen molar-refractivity contribution in [2.24, 2.45) is 29.4 Å². The quantitative estimate of drug-likeness (QED) is 0.691. The van der Waals surface area contributed by atoms with Crippen molar-refractivity contribution in [1.29, 1.82) is 0 Å². The van der Waals surface area contributed by atoms with Gasteiger partial charge in [0.25, 0.3) is 5.91 Å². The van der Waals surface area contributed by atoms with E-state index in [2.05, 4.69) is 5.32 Å². The Morgan fingerprint density at radius 1 is 1.14 bits per heavy atom. The number of carbonyl (C=O) groups excluding carboxylic acids is 2. The lowest BCUT2D eigenvalue weighted by Gasteiger charge is -2.26. The third-order valence-electron chi connectivity index (χ3n) is 6.20. The molecule has 1 heterocycles. The number of nitrogens with one attached hydrogen (secondary N) is 1. The Morgan fingerprint density at radius 2 is 1.76 bits per heavy atom. The number of halogens is 1. The molecule has 2 aliphatic carbocycles. The summed E-state index contributed by atoms with van der Waals surface area (Å²) in [5.41, 5.74) is 6.96. The Labute approximate surface area is 170 Å². The molecule has 0 saturated heterocycles. The summed E-state index contributed by atoms with van der Waals surface area (Å²) in [5.74, 6) is -3.63. The average molecular weight is 416 g/mol. The molecule has 1 aromatic heterocycles. The first-order valence-corrected chi connectivity index (χ1v) is 10.3. The highest BCUT2D eigenvalue weighted by molar-refractivity contribution is 7.17. The zero-order valence-electron chi connectivity index (χ0n) is 15.8. The first-order chi connectivity index (χ1) is 13.8. The molecule has 0 unspecified atom stereocenters. The molecule has 6 nitrogen and oxygen atoms in total. The number of hydrogen-bond acceptors (Lipinski definition) is 4. The van der Waals surface area contributed by atoms with Gasteiger partial charge in [0.2, 0.25) is 5.91 Å². The van der Waals surface area contributed by atoms with Crippen LogP contribution in [-0.4, -0.2) is 22.9 Å². The molecule has 29 heavy (non-hydrogen) atoms. The lowest BCUT2D eigenvalue weighted by atomic mass is 9.78. The largest absolute Gasteiger partial charge is 0.481 e. The zero-order chi connectivity index (χ0) is 20.9. The van der Waals surface area contributed by atoms with Gasteiger partial charge in [-0.3, -0.25) is 14.4 Å². The Kier molecular flexibility index (Phi) is 4.90. The molecular weight excluding hydrogens is 395 g/mol. The van der Waals surface area contributed by atoms with E-state index in [0.717, 1.165) is 24.1 Å². The predicted molar refractivity (Wildman–Crippen MR) is 107 cm³/mol. The van der Waals surface area contributed by atoms with E-state index in [-0.39, 0.29) is 23.3 Å². The Morgan fingerprint density at radius 3 is 2.34 bits per heavy atom. The van der Waals surface area contributed by atoms with E-state index >= 15 is 0 Å². The molecule has 0 spiro atoms. The summed E-state index contributed by atoms with van der Waals surface area (Å²) in [5, 5.41) is 12.7. The zero-order valence-corrected chi connectivity index (χ0v) is 16.6. The van der Waals surface area contributed by atoms with Gasteiger partial charge in [-0.25, -0.2) is 4.39 Å². The molecule has 0 aliphatic heterocycles. The number of rotatable bonds is 5. The first kappa shape index (κ1) is 19.6. The molecule has 2 saturated carbocycles. The third kappa shape index (κ3) is 3.31. The number of benzene rings is 1. The van der Waals surface area contributed by atoms with Crippen molar-refractivity contribution < 1.29 is 23.9 Å². The summed E-state index contributed by atoms with van der Waals surface area (Å²) in [6.45, 7) is 1.79. The molecule has 0 radical (unpaired) electrons. The van der Waals surface area contributed by atoms with Crippen LogP contribution in [0.1, 0.15) is 34.5 Å². The van der Waals surface area contributed by atoms with Crippen LogP contribution in [-0.2, 0) is 9.59 Å². The molecule has 4 N–H and O–H groups in total. The topological polar surface area (TPSA) is 109 Å². The SMILES string of the molecule is Cc1sc(NC(=O)[C@@H]2[C@H]3CC[C@@H](C3)[C@@H]2C(=O)O)c(C(N)=O)c1-c1ccc(F)cc1. The maximum Gasteiger partial charge on any atom is 0.307 e. The van der Waals surface area contributed by atoms with Crippen LogP contribution in [0, 0.1) is 36.4 Å².